The lowest BCUT2D eigenvalue weighted by molar-refractivity contribution is 0.225. The van der Waals surface area contributed by atoms with Crippen LogP contribution < -0.4 is 0 Å². The summed E-state index contributed by atoms with van der Waals surface area (Å²) in [4.78, 5) is 0. The van der Waals surface area contributed by atoms with Gasteiger partial charge in [-0.1, -0.05) is 41.4 Å². The van der Waals surface area contributed by atoms with Gasteiger partial charge in [-0.15, -0.1) is 0 Å². The second-order valence-electron chi connectivity index (χ2n) is 5.18. The zero-order valence-corrected chi connectivity index (χ0v) is 12.2. The summed E-state index contributed by atoms with van der Waals surface area (Å²) in [5, 5.41) is 10.1. The first-order chi connectivity index (χ1) is 9.58. The van der Waals surface area contributed by atoms with Crippen molar-refractivity contribution in [2.24, 2.45) is 5.92 Å². The highest BCUT2D eigenvalue weighted by atomic mass is 35.5. The number of hydrogen-bond acceptors (Lipinski definition) is 1. The molecule has 0 saturated carbocycles. The molecule has 106 valence electrons. The first-order valence-electron chi connectivity index (χ1n) is 6.69. The topological polar surface area (TPSA) is 20.2 Å². The molecule has 1 N–H and O–H groups in total. The minimum atomic E-state index is -0.295. The number of halogens is 2. The van der Waals surface area contributed by atoms with Crippen molar-refractivity contribution in [2.45, 2.75) is 19.8 Å². The molecule has 0 fully saturated rings. The number of benzene rings is 2. The highest BCUT2D eigenvalue weighted by Crippen LogP contribution is 2.22. The van der Waals surface area contributed by atoms with Gasteiger partial charge >= 0.3 is 0 Å². The second-order valence-corrected chi connectivity index (χ2v) is 5.59. The molecule has 0 saturated heterocycles. The summed E-state index contributed by atoms with van der Waals surface area (Å²) in [7, 11) is 0. The van der Waals surface area contributed by atoms with Crippen LogP contribution in [-0.4, -0.2) is 11.7 Å². The van der Waals surface area contributed by atoms with Crippen molar-refractivity contribution in [3.63, 3.8) is 0 Å². The average molecular weight is 293 g/mol. The lowest BCUT2D eigenvalue weighted by atomic mass is 9.93. The van der Waals surface area contributed by atoms with Crippen LogP contribution in [0.5, 0.6) is 0 Å². The van der Waals surface area contributed by atoms with E-state index in [1.165, 1.54) is 23.3 Å². The van der Waals surface area contributed by atoms with Gasteiger partial charge in [0.1, 0.15) is 5.82 Å². The lowest BCUT2D eigenvalue weighted by Gasteiger charge is -2.15. The van der Waals surface area contributed by atoms with E-state index in [1.807, 2.05) is 6.92 Å². The van der Waals surface area contributed by atoms with E-state index in [9.17, 15) is 9.50 Å². The predicted octanol–water partition coefficient (Wildman–Crippen LogP) is 4.18. The molecule has 20 heavy (non-hydrogen) atoms. The maximum absolute atomic E-state index is 13.3. The second kappa shape index (κ2) is 6.87. The van der Waals surface area contributed by atoms with E-state index in [1.54, 1.807) is 6.07 Å². The van der Waals surface area contributed by atoms with Gasteiger partial charge in [-0.05, 0) is 55.0 Å². The lowest BCUT2D eigenvalue weighted by Crippen LogP contribution is -2.13. The monoisotopic (exact) mass is 292 g/mol. The van der Waals surface area contributed by atoms with Crippen LogP contribution in [0.15, 0.2) is 42.5 Å². The summed E-state index contributed by atoms with van der Waals surface area (Å²) in [6.07, 6.45) is 1.32. The Bertz CT molecular complexity index is 566. The molecule has 0 radical (unpaired) electrons. The van der Waals surface area contributed by atoms with Gasteiger partial charge in [0.25, 0.3) is 0 Å². The molecule has 2 aromatic carbocycles. The average Bonchev–Trinajstić information content (AvgIpc) is 2.44. The summed E-state index contributed by atoms with van der Waals surface area (Å²) in [6, 6.07) is 12.6. The van der Waals surface area contributed by atoms with Crippen LogP contribution in [0.3, 0.4) is 0 Å². The van der Waals surface area contributed by atoms with Crippen LogP contribution in [0.2, 0.25) is 5.02 Å². The van der Waals surface area contributed by atoms with Gasteiger partial charge in [0, 0.05) is 11.6 Å². The van der Waals surface area contributed by atoms with Gasteiger partial charge in [-0.3, -0.25) is 0 Å². The molecule has 0 heterocycles. The van der Waals surface area contributed by atoms with Crippen molar-refractivity contribution in [3.8, 4) is 0 Å². The van der Waals surface area contributed by atoms with Gasteiger partial charge in [0.2, 0.25) is 0 Å². The molecule has 0 aromatic heterocycles. The highest BCUT2D eigenvalue weighted by molar-refractivity contribution is 6.31. The number of aliphatic hydroxyl groups is 1. The first kappa shape index (κ1) is 15.0. The van der Waals surface area contributed by atoms with E-state index in [2.05, 4.69) is 24.3 Å². The summed E-state index contributed by atoms with van der Waals surface area (Å²) in [5.74, 6) is -0.256. The fourth-order valence-electron chi connectivity index (χ4n) is 2.27. The minimum absolute atomic E-state index is 0.0389. The number of aryl methyl sites for hydroxylation is 1. The molecular formula is C17H18ClFO. The Morgan fingerprint density at radius 1 is 1.10 bits per heavy atom. The van der Waals surface area contributed by atoms with Crippen LogP contribution in [0, 0.1) is 18.7 Å². The van der Waals surface area contributed by atoms with Crippen molar-refractivity contribution < 1.29 is 9.50 Å². The molecular weight excluding hydrogens is 275 g/mol. The quantitative estimate of drug-likeness (QED) is 0.876. The third-order valence-electron chi connectivity index (χ3n) is 3.42. The molecule has 0 bridgehead atoms. The van der Waals surface area contributed by atoms with E-state index in [0.29, 0.717) is 11.4 Å². The highest BCUT2D eigenvalue weighted by Gasteiger charge is 2.12. The van der Waals surface area contributed by atoms with Gasteiger partial charge in [-0.25, -0.2) is 4.39 Å². The Balaban J connectivity index is 2.08. The van der Waals surface area contributed by atoms with E-state index in [4.69, 9.17) is 11.6 Å². The molecule has 2 aromatic rings. The zero-order valence-electron chi connectivity index (χ0n) is 11.4. The van der Waals surface area contributed by atoms with Crippen molar-refractivity contribution >= 4 is 11.6 Å². The summed E-state index contributed by atoms with van der Waals surface area (Å²) in [5.41, 5.74) is 3.13. The van der Waals surface area contributed by atoms with Crippen LogP contribution in [-0.2, 0) is 12.8 Å². The van der Waals surface area contributed by atoms with Crippen LogP contribution in [0.1, 0.15) is 16.7 Å². The van der Waals surface area contributed by atoms with Crippen molar-refractivity contribution in [1.82, 2.24) is 0 Å². The van der Waals surface area contributed by atoms with Crippen molar-refractivity contribution in [2.75, 3.05) is 6.61 Å². The molecule has 1 nitrogen and oxygen atoms in total. The Labute approximate surface area is 124 Å². The zero-order chi connectivity index (χ0) is 14.5. The molecule has 2 rings (SSSR count). The maximum atomic E-state index is 13.3. The van der Waals surface area contributed by atoms with Crippen LogP contribution in [0.4, 0.5) is 4.39 Å². The third kappa shape index (κ3) is 4.06. The van der Waals surface area contributed by atoms with E-state index in [0.717, 1.165) is 12.0 Å². The van der Waals surface area contributed by atoms with E-state index < -0.39 is 0 Å². The fraction of sp³-hybridized carbons (Fsp3) is 0.294. The smallest absolute Gasteiger partial charge is 0.123 e. The molecule has 0 aliphatic heterocycles. The number of rotatable bonds is 5. The number of hydrogen-bond donors (Lipinski definition) is 1. The van der Waals surface area contributed by atoms with Crippen LogP contribution in [0.25, 0.3) is 0 Å². The maximum Gasteiger partial charge on any atom is 0.123 e. The first-order valence-corrected chi connectivity index (χ1v) is 7.06. The predicted molar refractivity (Wildman–Crippen MR) is 80.6 cm³/mol. The minimum Gasteiger partial charge on any atom is -0.396 e. The summed E-state index contributed by atoms with van der Waals surface area (Å²) >= 11 is 6.07. The Morgan fingerprint density at radius 3 is 2.45 bits per heavy atom. The molecule has 0 aliphatic carbocycles. The van der Waals surface area contributed by atoms with Crippen molar-refractivity contribution in [1.29, 1.82) is 0 Å². The van der Waals surface area contributed by atoms with Gasteiger partial charge in [-0.2, -0.15) is 0 Å². The van der Waals surface area contributed by atoms with E-state index in [-0.39, 0.29) is 18.3 Å². The third-order valence-corrected chi connectivity index (χ3v) is 3.79. The molecule has 0 amide bonds. The standard InChI is InChI=1S/C17H18ClFO/c1-12-2-4-13(5-3-12)8-14(11-20)9-15-10-16(19)6-7-17(15)18/h2-7,10,14,20H,8-9,11H2,1H3. The van der Waals surface area contributed by atoms with Gasteiger partial charge < -0.3 is 5.11 Å². The van der Waals surface area contributed by atoms with Gasteiger partial charge in [0.15, 0.2) is 0 Å². The van der Waals surface area contributed by atoms with E-state index >= 15 is 0 Å². The molecule has 0 aliphatic rings. The van der Waals surface area contributed by atoms with Crippen LogP contribution >= 0.6 is 11.6 Å². The fourth-order valence-corrected chi connectivity index (χ4v) is 2.46. The van der Waals surface area contributed by atoms with Gasteiger partial charge in [0.05, 0.1) is 0 Å². The largest absolute Gasteiger partial charge is 0.396 e. The molecule has 0 spiro atoms. The molecule has 3 heteroatoms. The Kier molecular flexibility index (Phi) is 5.16. The summed E-state index contributed by atoms with van der Waals surface area (Å²) < 4.78 is 13.3. The Morgan fingerprint density at radius 2 is 1.80 bits per heavy atom. The normalized spacial score (nSPS) is 12.4. The SMILES string of the molecule is Cc1ccc(CC(CO)Cc2cc(F)ccc2Cl)cc1. The molecule has 1 atom stereocenters. The van der Waals surface area contributed by atoms with Crippen molar-refractivity contribution in [3.05, 3.63) is 70.0 Å². The molecule has 1 unspecified atom stereocenters. The Hall–Kier alpha value is -1.38. The number of aliphatic hydroxyl groups excluding tert-OH is 1. The summed E-state index contributed by atoms with van der Waals surface area (Å²) in [6.45, 7) is 2.10.